The Morgan fingerprint density at radius 2 is 1.90 bits per heavy atom. The molecule has 2 N–H and O–H groups in total. The van der Waals surface area contributed by atoms with E-state index in [1.807, 2.05) is 18.5 Å². The Morgan fingerprint density at radius 1 is 1.20 bits per heavy atom. The molecular formula is C21H28ClN5O2S. The lowest BCUT2D eigenvalue weighted by Gasteiger charge is -2.24. The van der Waals surface area contributed by atoms with Crippen molar-refractivity contribution in [1.82, 2.24) is 25.4 Å². The Kier molecular flexibility index (Phi) is 8.16. The summed E-state index contributed by atoms with van der Waals surface area (Å²) in [6, 6.07) is 7.06. The molecule has 0 bridgehead atoms. The van der Waals surface area contributed by atoms with Crippen LogP contribution in [-0.2, 0) is 18.3 Å². The second-order valence-corrected chi connectivity index (χ2v) is 9.32. The maximum Gasteiger partial charge on any atom is 0.251 e. The van der Waals surface area contributed by atoms with Crippen molar-refractivity contribution >= 4 is 35.2 Å². The van der Waals surface area contributed by atoms with Gasteiger partial charge < -0.3 is 15.2 Å². The van der Waals surface area contributed by atoms with Gasteiger partial charge in [0, 0.05) is 36.6 Å². The van der Waals surface area contributed by atoms with Crippen LogP contribution >= 0.6 is 23.4 Å². The second kappa shape index (κ2) is 10.8. The van der Waals surface area contributed by atoms with E-state index in [0.717, 1.165) is 18.7 Å². The van der Waals surface area contributed by atoms with E-state index in [1.165, 1.54) is 31.0 Å². The van der Waals surface area contributed by atoms with Gasteiger partial charge in [-0.3, -0.25) is 9.59 Å². The van der Waals surface area contributed by atoms with E-state index in [2.05, 4.69) is 20.8 Å². The fourth-order valence-corrected chi connectivity index (χ4v) is 4.40. The Hall–Kier alpha value is -2.06. The molecule has 1 aliphatic rings. The van der Waals surface area contributed by atoms with Gasteiger partial charge in [0.05, 0.1) is 5.25 Å². The Balaban J connectivity index is 1.47. The minimum absolute atomic E-state index is 0.0478. The third-order valence-electron chi connectivity index (χ3n) is 5.27. The molecule has 1 aromatic heterocycles. The van der Waals surface area contributed by atoms with Gasteiger partial charge in [-0.25, -0.2) is 0 Å². The maximum absolute atomic E-state index is 12.5. The fraction of sp³-hybridized carbons (Fsp3) is 0.524. The fourth-order valence-electron chi connectivity index (χ4n) is 3.43. The highest BCUT2D eigenvalue weighted by molar-refractivity contribution is 8.00. The average molecular weight is 450 g/mol. The van der Waals surface area contributed by atoms with Crippen LogP contribution in [0.3, 0.4) is 0 Å². The molecule has 1 aliphatic carbocycles. The van der Waals surface area contributed by atoms with Crippen molar-refractivity contribution in [2.45, 2.75) is 61.9 Å². The number of aromatic nitrogens is 3. The molecule has 0 saturated heterocycles. The van der Waals surface area contributed by atoms with Crippen molar-refractivity contribution in [3.63, 3.8) is 0 Å². The minimum Gasteiger partial charge on any atom is -0.352 e. The zero-order chi connectivity index (χ0) is 21.5. The van der Waals surface area contributed by atoms with E-state index in [1.54, 1.807) is 24.3 Å². The number of nitrogens with one attached hydrogen (secondary N) is 2. The lowest BCUT2D eigenvalue weighted by molar-refractivity contribution is -0.121. The summed E-state index contributed by atoms with van der Waals surface area (Å²) in [6.07, 6.45) is 6.32. The highest BCUT2D eigenvalue weighted by Crippen LogP contribution is 2.23. The molecule has 2 aromatic rings. The first kappa shape index (κ1) is 22.6. The summed E-state index contributed by atoms with van der Waals surface area (Å²) in [6.45, 7) is 2.33. The molecule has 1 saturated carbocycles. The molecule has 0 aliphatic heterocycles. The number of halogens is 1. The SMILES string of the molecule is C[C@@H](Sc1nnc(CCNC(=O)c2ccc(Cl)cc2)n1C)C(=O)NC1CCCCC1. The molecule has 2 amide bonds. The number of benzene rings is 1. The van der Waals surface area contributed by atoms with Gasteiger partial charge in [0.1, 0.15) is 5.82 Å². The smallest absolute Gasteiger partial charge is 0.251 e. The van der Waals surface area contributed by atoms with Crippen molar-refractivity contribution in [2.75, 3.05) is 6.54 Å². The zero-order valence-corrected chi connectivity index (χ0v) is 18.9. The number of hydrogen-bond donors (Lipinski definition) is 2. The van der Waals surface area contributed by atoms with Crippen LogP contribution in [0.15, 0.2) is 29.4 Å². The summed E-state index contributed by atoms with van der Waals surface area (Å²) in [5.74, 6) is 0.650. The van der Waals surface area contributed by atoms with Gasteiger partial charge in [-0.2, -0.15) is 0 Å². The van der Waals surface area contributed by atoms with Gasteiger partial charge >= 0.3 is 0 Å². The molecule has 0 spiro atoms. The number of carbonyl (C=O) groups excluding carboxylic acids is 2. The Labute approximate surface area is 186 Å². The lowest BCUT2D eigenvalue weighted by atomic mass is 9.95. The molecule has 1 fully saturated rings. The molecule has 3 rings (SSSR count). The standard InChI is InChI=1S/C21H28ClN5O2S/c1-14(19(28)24-17-6-4-3-5-7-17)30-21-26-25-18(27(21)2)12-13-23-20(29)15-8-10-16(22)11-9-15/h8-11,14,17H,3-7,12-13H2,1-2H3,(H,23,29)(H,24,28)/t14-/m1/s1. The van der Waals surface area contributed by atoms with Crippen molar-refractivity contribution in [1.29, 1.82) is 0 Å². The summed E-state index contributed by atoms with van der Waals surface area (Å²) in [5, 5.41) is 15.5. The maximum atomic E-state index is 12.5. The summed E-state index contributed by atoms with van der Waals surface area (Å²) in [4.78, 5) is 24.7. The molecule has 1 heterocycles. The molecule has 7 nitrogen and oxygen atoms in total. The monoisotopic (exact) mass is 449 g/mol. The normalized spacial score (nSPS) is 15.6. The number of hydrogen-bond acceptors (Lipinski definition) is 5. The van der Waals surface area contributed by atoms with Crippen molar-refractivity contribution in [3.8, 4) is 0 Å². The molecule has 0 unspecified atom stereocenters. The van der Waals surface area contributed by atoms with Crippen LogP contribution < -0.4 is 10.6 Å². The molecule has 1 aromatic carbocycles. The van der Waals surface area contributed by atoms with Gasteiger partial charge in [-0.05, 0) is 44.0 Å². The Bertz CT molecular complexity index is 865. The quantitative estimate of drug-likeness (QED) is 0.603. The first-order chi connectivity index (χ1) is 14.4. The second-order valence-electron chi connectivity index (χ2n) is 7.57. The number of nitrogens with zero attached hydrogens (tertiary/aromatic N) is 3. The minimum atomic E-state index is -0.243. The number of carbonyl (C=O) groups is 2. The Morgan fingerprint density at radius 3 is 2.60 bits per heavy atom. The predicted octanol–water partition coefficient (Wildman–Crippen LogP) is 3.37. The third kappa shape index (κ3) is 6.22. The van der Waals surface area contributed by atoms with Crippen LogP contribution in [0.1, 0.15) is 55.2 Å². The van der Waals surface area contributed by atoms with Crippen molar-refractivity contribution < 1.29 is 9.59 Å². The molecule has 30 heavy (non-hydrogen) atoms. The van der Waals surface area contributed by atoms with Gasteiger partial charge in [0.15, 0.2) is 5.16 Å². The summed E-state index contributed by atoms with van der Waals surface area (Å²) in [7, 11) is 1.88. The number of rotatable bonds is 8. The summed E-state index contributed by atoms with van der Waals surface area (Å²) < 4.78 is 1.88. The van der Waals surface area contributed by atoms with E-state index in [9.17, 15) is 9.59 Å². The van der Waals surface area contributed by atoms with Gasteiger partial charge in [-0.1, -0.05) is 42.6 Å². The highest BCUT2D eigenvalue weighted by atomic mass is 35.5. The van der Waals surface area contributed by atoms with Crippen LogP contribution in [0.25, 0.3) is 0 Å². The first-order valence-corrected chi connectivity index (χ1v) is 11.6. The van der Waals surface area contributed by atoms with Gasteiger partial charge in [-0.15, -0.1) is 10.2 Å². The van der Waals surface area contributed by atoms with E-state index in [-0.39, 0.29) is 17.1 Å². The van der Waals surface area contributed by atoms with E-state index in [0.29, 0.717) is 34.7 Å². The first-order valence-electron chi connectivity index (χ1n) is 10.3. The largest absolute Gasteiger partial charge is 0.352 e. The van der Waals surface area contributed by atoms with E-state index < -0.39 is 0 Å². The molecular weight excluding hydrogens is 422 g/mol. The van der Waals surface area contributed by atoms with Crippen molar-refractivity contribution in [3.05, 3.63) is 40.7 Å². The van der Waals surface area contributed by atoms with Crippen LogP contribution in [-0.4, -0.2) is 44.4 Å². The summed E-state index contributed by atoms with van der Waals surface area (Å²) in [5.41, 5.74) is 0.561. The molecule has 162 valence electrons. The van der Waals surface area contributed by atoms with E-state index in [4.69, 9.17) is 11.6 Å². The number of amides is 2. The van der Waals surface area contributed by atoms with Crippen LogP contribution in [0.5, 0.6) is 0 Å². The highest BCUT2D eigenvalue weighted by Gasteiger charge is 2.22. The topological polar surface area (TPSA) is 88.9 Å². The van der Waals surface area contributed by atoms with Gasteiger partial charge in [0.2, 0.25) is 5.91 Å². The lowest BCUT2D eigenvalue weighted by Crippen LogP contribution is -2.40. The summed E-state index contributed by atoms with van der Waals surface area (Å²) >= 11 is 7.25. The number of thioether (sulfide) groups is 1. The molecule has 1 atom stereocenters. The predicted molar refractivity (Wildman–Crippen MR) is 119 cm³/mol. The third-order valence-corrected chi connectivity index (χ3v) is 6.65. The van der Waals surface area contributed by atoms with Crippen LogP contribution in [0.2, 0.25) is 5.02 Å². The zero-order valence-electron chi connectivity index (χ0n) is 17.4. The molecule has 0 radical (unpaired) electrons. The van der Waals surface area contributed by atoms with Crippen LogP contribution in [0, 0.1) is 0 Å². The van der Waals surface area contributed by atoms with Crippen molar-refractivity contribution in [2.24, 2.45) is 7.05 Å². The van der Waals surface area contributed by atoms with Gasteiger partial charge in [0.25, 0.3) is 5.91 Å². The average Bonchev–Trinajstić information content (AvgIpc) is 3.08. The van der Waals surface area contributed by atoms with E-state index >= 15 is 0 Å². The molecule has 9 heteroatoms. The van der Waals surface area contributed by atoms with Crippen LogP contribution in [0.4, 0.5) is 0 Å².